The lowest BCUT2D eigenvalue weighted by atomic mass is 10.0. The summed E-state index contributed by atoms with van der Waals surface area (Å²) in [6.07, 6.45) is 7.87. The Kier molecular flexibility index (Phi) is 7.00. The topological polar surface area (TPSA) is 108 Å². The number of anilines is 2. The maximum absolute atomic E-state index is 15.3. The van der Waals surface area contributed by atoms with Crippen molar-refractivity contribution < 1.29 is 13.6 Å². The number of halogens is 2. The zero-order valence-electron chi connectivity index (χ0n) is 20.9. The molecule has 0 saturated carbocycles. The number of carbonyl (C=O) groups excluding carboxylic acids is 1. The molecule has 3 N–H and O–H groups in total. The van der Waals surface area contributed by atoms with Gasteiger partial charge in [-0.3, -0.25) is 14.3 Å². The number of aryl methyl sites for hydroxylation is 2. The van der Waals surface area contributed by atoms with Crippen LogP contribution in [0.15, 0.2) is 90.4 Å². The fourth-order valence-corrected chi connectivity index (χ4v) is 4.27. The standard InChI is InChI=1S/C29H24F2N6O2/c1-36-15-20(14-34-36)19-11-23(28(32)33-13-19)22-8-7-21(12-26(22)31)35-29(39)25-17-37(10-9-30)16-24(27(25)38)18-5-3-2-4-6-18/h2-8,11-17H,9-10H2,1H3,(H2,32,33)(H,35,39). The van der Waals surface area contributed by atoms with E-state index in [1.54, 1.807) is 66.7 Å². The number of amides is 1. The summed E-state index contributed by atoms with van der Waals surface area (Å²) in [6, 6.07) is 14.6. The zero-order chi connectivity index (χ0) is 27.5. The van der Waals surface area contributed by atoms with Crippen LogP contribution in [0.5, 0.6) is 0 Å². The van der Waals surface area contributed by atoms with E-state index < -0.39 is 23.8 Å². The van der Waals surface area contributed by atoms with Crippen molar-refractivity contribution in [1.29, 1.82) is 0 Å². The number of aromatic nitrogens is 4. The summed E-state index contributed by atoms with van der Waals surface area (Å²) in [7, 11) is 1.79. The molecule has 196 valence electrons. The van der Waals surface area contributed by atoms with E-state index in [0.29, 0.717) is 16.7 Å². The van der Waals surface area contributed by atoms with Crippen LogP contribution < -0.4 is 16.5 Å². The lowest BCUT2D eigenvalue weighted by Gasteiger charge is -2.13. The molecule has 0 aliphatic carbocycles. The van der Waals surface area contributed by atoms with Gasteiger partial charge in [0, 0.05) is 65.3 Å². The van der Waals surface area contributed by atoms with E-state index in [2.05, 4.69) is 15.4 Å². The van der Waals surface area contributed by atoms with Gasteiger partial charge in [-0.25, -0.2) is 13.8 Å². The first-order valence-electron chi connectivity index (χ1n) is 12.1. The van der Waals surface area contributed by atoms with E-state index in [9.17, 15) is 14.0 Å². The Morgan fingerprint density at radius 2 is 1.74 bits per heavy atom. The molecule has 3 heterocycles. The van der Waals surface area contributed by atoms with Crippen molar-refractivity contribution in [2.24, 2.45) is 7.05 Å². The monoisotopic (exact) mass is 526 g/mol. The molecule has 1 amide bonds. The molecular formula is C29H24F2N6O2. The van der Waals surface area contributed by atoms with Gasteiger partial charge in [-0.05, 0) is 29.8 Å². The van der Waals surface area contributed by atoms with Crippen molar-refractivity contribution in [2.75, 3.05) is 17.7 Å². The van der Waals surface area contributed by atoms with Crippen molar-refractivity contribution in [3.8, 4) is 33.4 Å². The van der Waals surface area contributed by atoms with E-state index in [0.717, 1.165) is 11.6 Å². The molecule has 39 heavy (non-hydrogen) atoms. The van der Waals surface area contributed by atoms with Crippen LogP contribution in [-0.4, -0.2) is 31.9 Å². The molecule has 0 aliphatic heterocycles. The number of hydrogen-bond donors (Lipinski definition) is 2. The number of nitrogens with one attached hydrogen (secondary N) is 1. The Bertz CT molecular complexity index is 1730. The van der Waals surface area contributed by atoms with Gasteiger partial charge in [-0.1, -0.05) is 30.3 Å². The van der Waals surface area contributed by atoms with Crippen molar-refractivity contribution >= 4 is 17.4 Å². The summed E-state index contributed by atoms with van der Waals surface area (Å²) in [6.45, 7) is -0.706. The number of pyridine rings is 2. The maximum atomic E-state index is 15.3. The van der Waals surface area contributed by atoms with Crippen molar-refractivity contribution in [3.05, 3.63) is 107 Å². The van der Waals surface area contributed by atoms with Gasteiger partial charge in [0.1, 0.15) is 23.9 Å². The van der Waals surface area contributed by atoms with Gasteiger partial charge >= 0.3 is 0 Å². The van der Waals surface area contributed by atoms with Gasteiger partial charge in [0.05, 0.1) is 12.7 Å². The third-order valence-electron chi connectivity index (χ3n) is 6.23. The minimum Gasteiger partial charge on any atom is -0.383 e. The van der Waals surface area contributed by atoms with Gasteiger partial charge in [0.2, 0.25) is 5.43 Å². The number of alkyl halides is 1. The molecule has 10 heteroatoms. The first-order valence-corrected chi connectivity index (χ1v) is 12.1. The number of nitrogens with two attached hydrogens (primary N) is 1. The van der Waals surface area contributed by atoms with Crippen molar-refractivity contribution in [2.45, 2.75) is 6.54 Å². The summed E-state index contributed by atoms with van der Waals surface area (Å²) in [5.41, 5.74) is 8.43. The van der Waals surface area contributed by atoms with E-state index >= 15 is 4.39 Å². The fraction of sp³-hybridized carbons (Fsp3) is 0.103. The molecule has 5 rings (SSSR count). The highest BCUT2D eigenvalue weighted by atomic mass is 19.1. The van der Waals surface area contributed by atoms with Crippen molar-refractivity contribution in [3.63, 3.8) is 0 Å². The van der Waals surface area contributed by atoms with Crippen LogP contribution >= 0.6 is 0 Å². The summed E-state index contributed by atoms with van der Waals surface area (Å²) >= 11 is 0. The largest absolute Gasteiger partial charge is 0.383 e. The molecule has 0 aliphatic rings. The second-order valence-electron chi connectivity index (χ2n) is 8.92. The van der Waals surface area contributed by atoms with E-state index in [-0.39, 0.29) is 34.7 Å². The Morgan fingerprint density at radius 1 is 0.949 bits per heavy atom. The summed E-state index contributed by atoms with van der Waals surface area (Å²) in [4.78, 5) is 30.5. The second kappa shape index (κ2) is 10.7. The molecule has 0 unspecified atom stereocenters. The number of rotatable bonds is 7. The average molecular weight is 527 g/mol. The predicted octanol–water partition coefficient (Wildman–Crippen LogP) is 4.92. The van der Waals surface area contributed by atoms with Crippen molar-refractivity contribution in [1.82, 2.24) is 19.3 Å². The smallest absolute Gasteiger partial charge is 0.261 e. The molecule has 8 nitrogen and oxygen atoms in total. The number of carbonyl (C=O) groups is 1. The summed E-state index contributed by atoms with van der Waals surface area (Å²) in [5.74, 6) is -1.24. The number of benzene rings is 2. The van der Waals surface area contributed by atoms with Crippen LogP contribution in [0.1, 0.15) is 10.4 Å². The normalized spacial score (nSPS) is 10.9. The lowest BCUT2D eigenvalue weighted by Crippen LogP contribution is -2.25. The van der Waals surface area contributed by atoms with Crippen LogP contribution in [0.4, 0.5) is 20.3 Å². The Labute approximate surface area is 222 Å². The summed E-state index contributed by atoms with van der Waals surface area (Å²) in [5, 5.41) is 6.72. The van der Waals surface area contributed by atoms with Crippen LogP contribution in [0.3, 0.4) is 0 Å². The van der Waals surface area contributed by atoms with Crippen LogP contribution in [0.25, 0.3) is 33.4 Å². The van der Waals surface area contributed by atoms with Gasteiger partial charge in [-0.15, -0.1) is 0 Å². The number of nitrogen functional groups attached to an aromatic ring is 1. The van der Waals surface area contributed by atoms with Crippen LogP contribution in [-0.2, 0) is 13.6 Å². The molecular weight excluding hydrogens is 502 g/mol. The minimum absolute atomic E-state index is 0.0305. The van der Waals surface area contributed by atoms with Gasteiger partial charge in [-0.2, -0.15) is 5.10 Å². The minimum atomic E-state index is -0.739. The Balaban J connectivity index is 1.45. The highest BCUT2D eigenvalue weighted by Crippen LogP contribution is 2.32. The highest BCUT2D eigenvalue weighted by Gasteiger charge is 2.18. The fourth-order valence-electron chi connectivity index (χ4n) is 4.27. The molecule has 2 aromatic carbocycles. The highest BCUT2D eigenvalue weighted by molar-refractivity contribution is 6.04. The molecule has 0 saturated heterocycles. The molecule has 0 atom stereocenters. The van der Waals surface area contributed by atoms with Gasteiger partial charge < -0.3 is 15.6 Å². The Morgan fingerprint density at radius 3 is 2.44 bits per heavy atom. The van der Waals surface area contributed by atoms with E-state index in [4.69, 9.17) is 5.73 Å². The molecule has 0 radical (unpaired) electrons. The molecule has 3 aromatic heterocycles. The second-order valence-corrected chi connectivity index (χ2v) is 8.92. The first kappa shape index (κ1) is 25.5. The number of nitrogens with zero attached hydrogens (tertiary/aromatic N) is 4. The van der Waals surface area contributed by atoms with Crippen LogP contribution in [0, 0.1) is 5.82 Å². The van der Waals surface area contributed by atoms with E-state index in [1.165, 1.54) is 29.1 Å². The first-order chi connectivity index (χ1) is 18.8. The average Bonchev–Trinajstić information content (AvgIpc) is 3.37. The quantitative estimate of drug-likeness (QED) is 0.313. The number of hydrogen-bond acceptors (Lipinski definition) is 5. The molecule has 0 bridgehead atoms. The van der Waals surface area contributed by atoms with Gasteiger partial charge in [0.25, 0.3) is 5.91 Å². The third-order valence-corrected chi connectivity index (χ3v) is 6.23. The molecule has 0 fully saturated rings. The lowest BCUT2D eigenvalue weighted by molar-refractivity contribution is 0.102. The SMILES string of the molecule is Cn1cc(-c2cnc(N)c(-c3ccc(NC(=O)c4cn(CCF)cc(-c5ccccc5)c4=O)cc3F)c2)cn1. The van der Waals surface area contributed by atoms with Crippen LogP contribution in [0.2, 0.25) is 0 Å². The predicted molar refractivity (Wildman–Crippen MR) is 146 cm³/mol. The molecule has 0 spiro atoms. The van der Waals surface area contributed by atoms with E-state index in [1.807, 2.05) is 0 Å². The maximum Gasteiger partial charge on any atom is 0.261 e. The molecule has 5 aromatic rings. The van der Waals surface area contributed by atoms with Gasteiger partial charge in [0.15, 0.2) is 0 Å². The summed E-state index contributed by atoms with van der Waals surface area (Å²) < 4.78 is 31.5. The zero-order valence-corrected chi connectivity index (χ0v) is 20.9. The third kappa shape index (κ3) is 5.30. The Hall–Kier alpha value is -5.12.